The van der Waals surface area contributed by atoms with Crippen LogP contribution in [0.1, 0.15) is 19.3 Å². The van der Waals surface area contributed by atoms with Crippen molar-refractivity contribution >= 4 is 12.0 Å². The van der Waals surface area contributed by atoms with Crippen LogP contribution in [0.25, 0.3) is 0 Å². The predicted molar refractivity (Wildman–Crippen MR) is 75.8 cm³/mol. The molecule has 2 amide bonds. The van der Waals surface area contributed by atoms with Crippen molar-refractivity contribution in [3.05, 3.63) is 0 Å². The average Bonchev–Trinajstić information content (AvgIpc) is 2.88. The second kappa shape index (κ2) is 7.85. The lowest BCUT2D eigenvalue weighted by Gasteiger charge is -2.32. The third-order valence-electron chi connectivity index (χ3n) is 4.19. The zero-order valence-corrected chi connectivity index (χ0v) is 12.9. The zero-order valence-electron chi connectivity index (χ0n) is 12.9. The van der Waals surface area contributed by atoms with Gasteiger partial charge in [0, 0.05) is 13.1 Å². The van der Waals surface area contributed by atoms with E-state index >= 15 is 0 Å². The molecule has 2 aliphatic heterocycles. The molecule has 0 unspecified atom stereocenters. The molecule has 0 atom stereocenters. The van der Waals surface area contributed by atoms with Gasteiger partial charge in [0.15, 0.2) is 0 Å². The molecule has 0 saturated carbocycles. The molecule has 6 nitrogen and oxygen atoms in total. The molecule has 1 N–H and O–H groups in total. The van der Waals surface area contributed by atoms with Gasteiger partial charge in [-0.2, -0.15) is 13.2 Å². The molecule has 9 heteroatoms. The molecule has 23 heavy (non-hydrogen) atoms. The summed E-state index contributed by atoms with van der Waals surface area (Å²) in [5.74, 6) is 0.0370. The first-order chi connectivity index (χ1) is 10.8. The summed E-state index contributed by atoms with van der Waals surface area (Å²) in [6.45, 7) is 2.49. The highest BCUT2D eigenvalue weighted by Crippen LogP contribution is 2.22. The Morgan fingerprint density at radius 3 is 2.52 bits per heavy atom. The van der Waals surface area contributed by atoms with Crippen molar-refractivity contribution in [2.24, 2.45) is 5.92 Å². The molecule has 2 heterocycles. The van der Waals surface area contributed by atoms with Gasteiger partial charge < -0.3 is 15.0 Å². The van der Waals surface area contributed by atoms with Crippen molar-refractivity contribution in [1.29, 1.82) is 0 Å². The molecule has 132 valence electrons. The van der Waals surface area contributed by atoms with Crippen LogP contribution < -0.4 is 5.32 Å². The lowest BCUT2D eigenvalue weighted by atomic mass is 9.96. The standard InChI is InChI=1S/C14H22F3N3O3/c15-14(16,17)3-6-19-4-1-11(2-5-19)9-18-12(21)10-20-7-8-23-13(20)22/h11H,1-10H2,(H,18,21). The molecule has 0 aromatic carbocycles. The van der Waals surface area contributed by atoms with E-state index in [0.29, 0.717) is 32.8 Å². The van der Waals surface area contributed by atoms with E-state index in [0.717, 1.165) is 12.8 Å². The Morgan fingerprint density at radius 1 is 1.26 bits per heavy atom. The van der Waals surface area contributed by atoms with Gasteiger partial charge in [-0.15, -0.1) is 0 Å². The van der Waals surface area contributed by atoms with Crippen LogP contribution in [0.4, 0.5) is 18.0 Å². The molecule has 0 bridgehead atoms. The Morgan fingerprint density at radius 2 is 1.96 bits per heavy atom. The Bertz CT molecular complexity index is 423. The number of hydrogen-bond acceptors (Lipinski definition) is 4. The smallest absolute Gasteiger partial charge is 0.410 e. The molecule has 0 aliphatic carbocycles. The lowest BCUT2D eigenvalue weighted by molar-refractivity contribution is -0.138. The number of rotatable bonds is 6. The molecule has 2 fully saturated rings. The van der Waals surface area contributed by atoms with Crippen molar-refractivity contribution in [3.8, 4) is 0 Å². The number of carbonyl (C=O) groups excluding carboxylic acids is 2. The Labute approximate surface area is 132 Å². The van der Waals surface area contributed by atoms with Gasteiger partial charge in [-0.05, 0) is 31.8 Å². The topological polar surface area (TPSA) is 61.9 Å². The largest absolute Gasteiger partial charge is 0.448 e. The minimum atomic E-state index is -4.11. The van der Waals surface area contributed by atoms with Crippen molar-refractivity contribution < 1.29 is 27.5 Å². The van der Waals surface area contributed by atoms with Gasteiger partial charge in [-0.1, -0.05) is 0 Å². The van der Waals surface area contributed by atoms with E-state index < -0.39 is 18.7 Å². The van der Waals surface area contributed by atoms with E-state index in [4.69, 9.17) is 4.74 Å². The highest BCUT2D eigenvalue weighted by Gasteiger charge is 2.29. The predicted octanol–water partition coefficient (Wildman–Crippen LogP) is 1.22. The summed E-state index contributed by atoms with van der Waals surface area (Å²) in [4.78, 5) is 26.1. The van der Waals surface area contributed by atoms with Crippen molar-refractivity contribution in [2.45, 2.75) is 25.4 Å². The summed E-state index contributed by atoms with van der Waals surface area (Å²) in [7, 11) is 0. The highest BCUT2D eigenvalue weighted by atomic mass is 19.4. The number of likely N-dealkylation sites (tertiary alicyclic amines) is 1. The fourth-order valence-electron chi connectivity index (χ4n) is 2.76. The summed E-state index contributed by atoms with van der Waals surface area (Å²) in [6.07, 6.45) is -3.83. The number of nitrogens with one attached hydrogen (secondary N) is 1. The first-order valence-corrected chi connectivity index (χ1v) is 7.81. The minimum absolute atomic E-state index is 0.0107. The summed E-state index contributed by atoms with van der Waals surface area (Å²) in [6, 6.07) is 0. The van der Waals surface area contributed by atoms with E-state index in [2.05, 4.69) is 5.32 Å². The number of halogens is 3. The maximum Gasteiger partial charge on any atom is 0.410 e. The van der Waals surface area contributed by atoms with Crippen LogP contribution in [0, 0.1) is 5.92 Å². The summed E-state index contributed by atoms with van der Waals surface area (Å²) >= 11 is 0. The van der Waals surface area contributed by atoms with Crippen molar-refractivity contribution in [1.82, 2.24) is 15.1 Å². The van der Waals surface area contributed by atoms with Crippen LogP contribution in [0.5, 0.6) is 0 Å². The molecule has 0 aromatic rings. The van der Waals surface area contributed by atoms with Gasteiger partial charge in [0.25, 0.3) is 0 Å². The van der Waals surface area contributed by atoms with Gasteiger partial charge in [-0.3, -0.25) is 9.69 Å². The zero-order chi connectivity index (χ0) is 16.9. The third-order valence-corrected chi connectivity index (χ3v) is 4.19. The van der Waals surface area contributed by atoms with Crippen LogP contribution in [-0.2, 0) is 9.53 Å². The number of ether oxygens (including phenoxy) is 1. The summed E-state index contributed by atoms with van der Waals surface area (Å²) in [5.41, 5.74) is 0. The number of piperidine rings is 1. The van der Waals surface area contributed by atoms with Gasteiger partial charge >= 0.3 is 12.3 Å². The fourth-order valence-corrected chi connectivity index (χ4v) is 2.76. The van der Waals surface area contributed by atoms with E-state index in [9.17, 15) is 22.8 Å². The lowest BCUT2D eigenvalue weighted by Crippen LogP contribution is -2.42. The Balaban J connectivity index is 1.59. The van der Waals surface area contributed by atoms with Gasteiger partial charge in [0.05, 0.1) is 13.0 Å². The maximum absolute atomic E-state index is 12.2. The number of hydrogen-bond donors (Lipinski definition) is 1. The normalized spacial score (nSPS) is 20.7. The molecule has 2 saturated heterocycles. The SMILES string of the molecule is O=C(CN1CCOC1=O)NCC1CCN(CCC(F)(F)F)CC1. The highest BCUT2D eigenvalue weighted by molar-refractivity contribution is 5.82. The van der Waals surface area contributed by atoms with Gasteiger partial charge in [0.2, 0.25) is 5.91 Å². The monoisotopic (exact) mass is 337 g/mol. The molecule has 0 aromatic heterocycles. The van der Waals surface area contributed by atoms with Crippen LogP contribution in [0.15, 0.2) is 0 Å². The van der Waals surface area contributed by atoms with Crippen LogP contribution in [0.2, 0.25) is 0 Å². The van der Waals surface area contributed by atoms with Crippen molar-refractivity contribution in [3.63, 3.8) is 0 Å². The van der Waals surface area contributed by atoms with Crippen LogP contribution >= 0.6 is 0 Å². The minimum Gasteiger partial charge on any atom is -0.448 e. The molecular formula is C14H22F3N3O3. The van der Waals surface area contributed by atoms with E-state index in [1.165, 1.54) is 4.90 Å². The van der Waals surface area contributed by atoms with Gasteiger partial charge in [0.1, 0.15) is 13.2 Å². The molecule has 2 aliphatic rings. The first kappa shape index (κ1) is 17.8. The molecular weight excluding hydrogens is 315 g/mol. The number of nitrogens with zero attached hydrogens (tertiary/aromatic N) is 2. The number of carbonyl (C=O) groups is 2. The summed E-state index contributed by atoms with van der Waals surface area (Å²) in [5, 5.41) is 2.78. The fraction of sp³-hybridized carbons (Fsp3) is 0.857. The van der Waals surface area contributed by atoms with E-state index in [1.807, 2.05) is 4.90 Å². The Kier molecular flexibility index (Phi) is 6.09. The van der Waals surface area contributed by atoms with Gasteiger partial charge in [-0.25, -0.2) is 4.79 Å². The second-order valence-electron chi connectivity index (χ2n) is 5.99. The molecule has 2 rings (SSSR count). The number of cyclic esters (lactones) is 1. The number of alkyl halides is 3. The first-order valence-electron chi connectivity index (χ1n) is 7.81. The summed E-state index contributed by atoms with van der Waals surface area (Å²) < 4.78 is 41.3. The van der Waals surface area contributed by atoms with E-state index in [-0.39, 0.29) is 24.9 Å². The Hall–Kier alpha value is -1.51. The quantitative estimate of drug-likeness (QED) is 0.792. The molecule has 0 spiro atoms. The molecule has 0 radical (unpaired) electrons. The number of amides is 2. The maximum atomic E-state index is 12.2. The van der Waals surface area contributed by atoms with E-state index in [1.54, 1.807) is 0 Å². The third kappa shape index (κ3) is 6.25. The van der Waals surface area contributed by atoms with Crippen LogP contribution in [-0.4, -0.2) is 73.9 Å². The average molecular weight is 337 g/mol. The second-order valence-corrected chi connectivity index (χ2v) is 5.99. The van der Waals surface area contributed by atoms with Crippen LogP contribution in [0.3, 0.4) is 0 Å². The van der Waals surface area contributed by atoms with Crippen molar-refractivity contribution in [2.75, 3.05) is 45.9 Å².